The fourth-order valence-electron chi connectivity index (χ4n) is 3.18. The number of benzene rings is 2. The molecule has 1 saturated heterocycles. The third kappa shape index (κ3) is 4.87. The highest BCUT2D eigenvalue weighted by Gasteiger charge is 2.25. The molecule has 2 aromatic rings. The first-order valence-electron chi connectivity index (χ1n) is 9.21. The van der Waals surface area contributed by atoms with Crippen LogP contribution in [-0.2, 0) is 10.0 Å². The number of carbonyl (C=O) groups excluding carboxylic acids is 1. The van der Waals surface area contributed by atoms with Gasteiger partial charge in [-0.2, -0.15) is 4.31 Å². The fourth-order valence-corrected chi connectivity index (χ4v) is 5.11. The quantitative estimate of drug-likeness (QED) is 0.651. The molecule has 0 atom stereocenters. The highest BCUT2D eigenvalue weighted by Crippen LogP contribution is 2.29. The normalized spacial score (nSPS) is 15.8. The molecular weight excluding hydrogens is 419 g/mol. The van der Waals surface area contributed by atoms with E-state index in [9.17, 15) is 13.2 Å². The standard InChI is InChI=1S/C20H22Cl2N2O3S/c21-17-9-6-10-18(20(17)22)23-14-19(25)15-7-5-8-16(13-15)28(26,27)24-11-3-1-2-4-12-24/h5-10,13,23H,1-4,11-12,14H2. The van der Waals surface area contributed by atoms with Crippen LogP contribution in [0.2, 0.25) is 10.0 Å². The van der Waals surface area contributed by atoms with Crippen molar-refractivity contribution in [3.05, 3.63) is 58.1 Å². The maximum absolute atomic E-state index is 12.9. The van der Waals surface area contributed by atoms with Crippen LogP contribution < -0.4 is 5.32 Å². The summed E-state index contributed by atoms with van der Waals surface area (Å²) in [4.78, 5) is 12.7. The van der Waals surface area contributed by atoms with Crippen molar-refractivity contribution < 1.29 is 13.2 Å². The van der Waals surface area contributed by atoms with Gasteiger partial charge in [0.1, 0.15) is 0 Å². The number of halogens is 2. The zero-order valence-corrected chi connectivity index (χ0v) is 17.7. The van der Waals surface area contributed by atoms with Gasteiger partial charge in [-0.25, -0.2) is 8.42 Å². The first-order chi connectivity index (χ1) is 13.4. The van der Waals surface area contributed by atoms with Crippen molar-refractivity contribution in [3.63, 3.8) is 0 Å². The molecule has 1 aliphatic rings. The Hall–Kier alpha value is -1.60. The summed E-state index contributed by atoms with van der Waals surface area (Å²) in [7, 11) is -3.60. The Morgan fingerprint density at radius 3 is 2.39 bits per heavy atom. The van der Waals surface area contributed by atoms with Gasteiger partial charge in [0, 0.05) is 18.7 Å². The van der Waals surface area contributed by atoms with Gasteiger partial charge < -0.3 is 5.32 Å². The highest BCUT2D eigenvalue weighted by atomic mass is 35.5. The topological polar surface area (TPSA) is 66.5 Å². The van der Waals surface area contributed by atoms with E-state index in [0.717, 1.165) is 25.7 Å². The number of nitrogens with zero attached hydrogens (tertiary/aromatic N) is 1. The number of rotatable bonds is 6. The van der Waals surface area contributed by atoms with Crippen molar-refractivity contribution in [2.24, 2.45) is 0 Å². The summed E-state index contributed by atoms with van der Waals surface area (Å²) >= 11 is 12.1. The van der Waals surface area contributed by atoms with Gasteiger partial charge in [-0.15, -0.1) is 0 Å². The summed E-state index contributed by atoms with van der Waals surface area (Å²) in [6.07, 6.45) is 3.81. The lowest BCUT2D eigenvalue weighted by molar-refractivity contribution is 0.101. The highest BCUT2D eigenvalue weighted by molar-refractivity contribution is 7.89. The number of carbonyl (C=O) groups is 1. The summed E-state index contributed by atoms with van der Waals surface area (Å²) in [6.45, 7) is 1.03. The number of Topliss-reactive ketones (excluding diaryl/α,β-unsaturated/α-hetero) is 1. The average Bonchev–Trinajstić information content (AvgIpc) is 2.99. The van der Waals surface area contributed by atoms with Crippen LogP contribution in [0.25, 0.3) is 0 Å². The van der Waals surface area contributed by atoms with Crippen molar-refractivity contribution >= 4 is 44.7 Å². The van der Waals surface area contributed by atoms with Gasteiger partial charge in [0.2, 0.25) is 10.0 Å². The minimum absolute atomic E-state index is 0.0206. The lowest BCUT2D eigenvalue weighted by Gasteiger charge is -2.20. The number of hydrogen-bond acceptors (Lipinski definition) is 4. The minimum atomic E-state index is -3.60. The molecule has 3 rings (SSSR count). The average molecular weight is 441 g/mol. The molecular formula is C20H22Cl2N2O3S. The van der Waals surface area contributed by atoms with Crippen molar-refractivity contribution in [3.8, 4) is 0 Å². The van der Waals surface area contributed by atoms with E-state index in [1.807, 2.05) is 0 Å². The molecule has 0 saturated carbocycles. The van der Waals surface area contributed by atoms with Crippen LogP contribution in [-0.4, -0.2) is 38.1 Å². The SMILES string of the molecule is O=C(CNc1cccc(Cl)c1Cl)c1cccc(S(=O)(=O)N2CCCCCC2)c1. The number of anilines is 1. The maximum atomic E-state index is 12.9. The van der Waals surface area contributed by atoms with Crippen molar-refractivity contribution in [2.45, 2.75) is 30.6 Å². The first kappa shape index (κ1) is 21.1. The Labute approximate surface area is 175 Å². The molecule has 8 heteroatoms. The Bertz CT molecular complexity index is 956. The first-order valence-corrected chi connectivity index (χ1v) is 11.4. The molecule has 150 valence electrons. The Kier molecular flexibility index (Phi) is 6.99. The van der Waals surface area contributed by atoms with Crippen LogP contribution in [0.3, 0.4) is 0 Å². The van der Waals surface area contributed by atoms with E-state index in [2.05, 4.69) is 5.32 Å². The van der Waals surface area contributed by atoms with Crippen LogP contribution in [0.1, 0.15) is 36.0 Å². The molecule has 0 aliphatic carbocycles. The van der Waals surface area contributed by atoms with Gasteiger partial charge in [0.05, 0.1) is 27.2 Å². The van der Waals surface area contributed by atoms with Crippen LogP contribution >= 0.6 is 23.2 Å². The zero-order valence-electron chi connectivity index (χ0n) is 15.3. The van der Waals surface area contributed by atoms with E-state index in [0.29, 0.717) is 34.4 Å². The Morgan fingerprint density at radius 2 is 1.68 bits per heavy atom. The Morgan fingerprint density at radius 1 is 1.00 bits per heavy atom. The van der Waals surface area contributed by atoms with Crippen LogP contribution in [0.15, 0.2) is 47.4 Å². The lowest BCUT2D eigenvalue weighted by atomic mass is 10.1. The third-order valence-corrected chi connectivity index (χ3v) is 7.46. The summed E-state index contributed by atoms with van der Waals surface area (Å²) in [5.41, 5.74) is 0.886. The van der Waals surface area contributed by atoms with Gasteiger partial charge in [-0.1, -0.05) is 54.2 Å². The Balaban J connectivity index is 1.75. The van der Waals surface area contributed by atoms with Crippen LogP contribution in [0, 0.1) is 0 Å². The summed E-state index contributed by atoms with van der Waals surface area (Å²) in [5, 5.41) is 3.69. The van der Waals surface area contributed by atoms with Gasteiger partial charge in [0.15, 0.2) is 5.78 Å². The molecule has 0 unspecified atom stereocenters. The number of sulfonamides is 1. The second-order valence-electron chi connectivity index (χ2n) is 6.72. The molecule has 0 bridgehead atoms. The monoisotopic (exact) mass is 440 g/mol. The summed E-state index contributed by atoms with van der Waals surface area (Å²) < 4.78 is 27.4. The van der Waals surface area contributed by atoms with E-state index in [1.165, 1.54) is 16.4 Å². The number of hydrogen-bond donors (Lipinski definition) is 1. The van der Waals surface area contributed by atoms with Gasteiger partial charge >= 0.3 is 0 Å². The van der Waals surface area contributed by atoms with Crippen molar-refractivity contribution in [1.29, 1.82) is 0 Å². The van der Waals surface area contributed by atoms with Gasteiger partial charge in [-0.3, -0.25) is 4.79 Å². The molecule has 1 heterocycles. The summed E-state index contributed by atoms with van der Waals surface area (Å²) in [6, 6.07) is 11.3. The third-order valence-electron chi connectivity index (χ3n) is 4.75. The number of nitrogens with one attached hydrogen (secondary N) is 1. The molecule has 0 amide bonds. The molecule has 0 radical (unpaired) electrons. The molecule has 2 aromatic carbocycles. The van der Waals surface area contributed by atoms with E-state index in [-0.39, 0.29) is 17.2 Å². The molecule has 1 N–H and O–H groups in total. The molecule has 5 nitrogen and oxygen atoms in total. The predicted octanol–water partition coefficient (Wildman–Crippen LogP) is 4.85. The molecule has 1 aliphatic heterocycles. The molecule has 1 fully saturated rings. The fraction of sp³-hybridized carbons (Fsp3) is 0.350. The van der Waals surface area contributed by atoms with Crippen LogP contribution in [0.4, 0.5) is 5.69 Å². The number of ketones is 1. The zero-order chi connectivity index (χ0) is 20.1. The van der Waals surface area contributed by atoms with Crippen molar-refractivity contribution in [1.82, 2.24) is 4.31 Å². The van der Waals surface area contributed by atoms with E-state index in [1.54, 1.807) is 30.3 Å². The second-order valence-corrected chi connectivity index (χ2v) is 9.45. The van der Waals surface area contributed by atoms with Gasteiger partial charge in [0.25, 0.3) is 0 Å². The maximum Gasteiger partial charge on any atom is 0.243 e. The van der Waals surface area contributed by atoms with Crippen molar-refractivity contribution in [2.75, 3.05) is 25.0 Å². The largest absolute Gasteiger partial charge is 0.376 e. The summed E-state index contributed by atoms with van der Waals surface area (Å²) in [5.74, 6) is -0.232. The lowest BCUT2D eigenvalue weighted by Crippen LogP contribution is -2.32. The van der Waals surface area contributed by atoms with E-state index >= 15 is 0 Å². The minimum Gasteiger partial charge on any atom is -0.376 e. The van der Waals surface area contributed by atoms with E-state index in [4.69, 9.17) is 23.2 Å². The second kappa shape index (κ2) is 9.27. The molecule has 28 heavy (non-hydrogen) atoms. The van der Waals surface area contributed by atoms with Gasteiger partial charge in [-0.05, 0) is 37.1 Å². The predicted molar refractivity (Wildman–Crippen MR) is 113 cm³/mol. The molecule has 0 spiro atoms. The van der Waals surface area contributed by atoms with Crippen LogP contribution in [0.5, 0.6) is 0 Å². The molecule has 0 aromatic heterocycles. The smallest absolute Gasteiger partial charge is 0.243 e. The van der Waals surface area contributed by atoms with E-state index < -0.39 is 10.0 Å².